The molecular formula is C60H39N3. The molecule has 294 valence electrons. The highest BCUT2D eigenvalue weighted by Gasteiger charge is 2.47. The third-order valence-corrected chi connectivity index (χ3v) is 12.8. The molecule has 3 heteroatoms. The summed E-state index contributed by atoms with van der Waals surface area (Å²) in [5.74, 6) is 0.683. The fraction of sp³-hybridized carbons (Fsp3) is 0.0167. The maximum Gasteiger partial charge on any atom is 0.160 e. The highest BCUT2D eigenvalue weighted by Crippen LogP contribution is 2.59. The van der Waals surface area contributed by atoms with Gasteiger partial charge in [0, 0.05) is 33.0 Å². The van der Waals surface area contributed by atoms with E-state index >= 15 is 0 Å². The van der Waals surface area contributed by atoms with E-state index in [1.807, 2.05) is 24.3 Å². The van der Waals surface area contributed by atoms with Crippen molar-refractivity contribution < 1.29 is 0 Å². The number of fused-ring (bicyclic) bond motifs is 7. The summed E-state index contributed by atoms with van der Waals surface area (Å²) >= 11 is 0. The molecule has 0 saturated heterocycles. The van der Waals surface area contributed by atoms with Gasteiger partial charge in [0.15, 0.2) is 5.82 Å². The predicted molar refractivity (Wildman–Crippen MR) is 259 cm³/mol. The van der Waals surface area contributed by atoms with Gasteiger partial charge in [-0.05, 0) is 68.1 Å². The van der Waals surface area contributed by atoms with Crippen molar-refractivity contribution >= 4 is 21.7 Å². The Kier molecular flexibility index (Phi) is 8.72. The van der Waals surface area contributed by atoms with Gasteiger partial charge in [-0.15, -0.1) is 0 Å². The minimum Gasteiger partial charge on any atom is -0.247 e. The number of hydrogen-bond donors (Lipinski definition) is 0. The molecule has 12 rings (SSSR count). The molecule has 11 aromatic rings. The zero-order valence-electron chi connectivity index (χ0n) is 34.4. The van der Waals surface area contributed by atoms with Crippen molar-refractivity contribution in [3.05, 3.63) is 259 Å². The second kappa shape index (κ2) is 15.0. The van der Waals surface area contributed by atoms with Crippen LogP contribution in [0.4, 0.5) is 0 Å². The zero-order valence-corrected chi connectivity index (χ0v) is 34.4. The Morgan fingerprint density at radius 2 is 0.857 bits per heavy atom. The molecule has 0 N–H and O–H groups in total. The Balaban J connectivity index is 1.09. The van der Waals surface area contributed by atoms with Crippen molar-refractivity contribution in [2.45, 2.75) is 5.41 Å². The molecule has 3 nitrogen and oxygen atoms in total. The molecule has 0 aliphatic heterocycles. The van der Waals surface area contributed by atoms with Gasteiger partial charge in [0.1, 0.15) is 0 Å². The van der Waals surface area contributed by atoms with E-state index in [9.17, 15) is 0 Å². The lowest BCUT2D eigenvalue weighted by molar-refractivity contribution is 0.769. The zero-order chi connectivity index (χ0) is 41.7. The van der Waals surface area contributed by atoms with Crippen LogP contribution < -0.4 is 0 Å². The van der Waals surface area contributed by atoms with E-state index < -0.39 is 5.41 Å². The van der Waals surface area contributed by atoms with Crippen LogP contribution in [0.5, 0.6) is 0 Å². The molecule has 2 heterocycles. The fourth-order valence-electron chi connectivity index (χ4n) is 9.94. The largest absolute Gasteiger partial charge is 0.247 e. The topological polar surface area (TPSA) is 38.7 Å². The van der Waals surface area contributed by atoms with Crippen LogP contribution in [0, 0.1) is 0 Å². The highest BCUT2D eigenvalue weighted by molar-refractivity contribution is 6.18. The van der Waals surface area contributed by atoms with Crippen LogP contribution in [0.1, 0.15) is 22.3 Å². The van der Waals surface area contributed by atoms with E-state index in [1.165, 1.54) is 49.9 Å². The lowest BCUT2D eigenvalue weighted by Crippen LogP contribution is -2.28. The van der Waals surface area contributed by atoms with Crippen LogP contribution in [0.3, 0.4) is 0 Å². The van der Waals surface area contributed by atoms with E-state index in [4.69, 9.17) is 15.0 Å². The monoisotopic (exact) mass is 801 g/mol. The number of nitrogens with zero attached hydrogens (tertiary/aromatic N) is 3. The van der Waals surface area contributed by atoms with Crippen LogP contribution in [-0.4, -0.2) is 15.0 Å². The van der Waals surface area contributed by atoms with Gasteiger partial charge >= 0.3 is 0 Å². The van der Waals surface area contributed by atoms with Gasteiger partial charge in [0.2, 0.25) is 0 Å². The number of hydrogen-bond acceptors (Lipinski definition) is 3. The summed E-state index contributed by atoms with van der Waals surface area (Å²) in [6.45, 7) is 0. The van der Waals surface area contributed by atoms with Gasteiger partial charge in [-0.2, -0.15) is 0 Å². The Morgan fingerprint density at radius 1 is 0.317 bits per heavy atom. The average Bonchev–Trinajstić information content (AvgIpc) is 3.68. The van der Waals surface area contributed by atoms with Crippen molar-refractivity contribution in [3.63, 3.8) is 0 Å². The first-order valence-electron chi connectivity index (χ1n) is 21.5. The second-order valence-electron chi connectivity index (χ2n) is 16.3. The third-order valence-electron chi connectivity index (χ3n) is 12.8. The minimum atomic E-state index is -0.530. The number of benzene rings is 9. The van der Waals surface area contributed by atoms with Crippen molar-refractivity contribution in [1.29, 1.82) is 0 Å². The standard InChI is InChI=1S/C60H39N3/c1-5-18-40(19-6-1)41-32-34-42(35-33-41)54-39-55(63-59(62-54)43-20-7-2-8-21-43)44-22-17-23-45(38-44)58-57-49(48-28-14-16-31-53(48)61-58)36-37-52-56(57)50-29-13-15-30-51(50)60(52,46-24-9-3-10-25-46)47-26-11-4-12-27-47/h1-39H. The summed E-state index contributed by atoms with van der Waals surface area (Å²) in [7, 11) is 0. The molecule has 0 spiro atoms. The fourth-order valence-corrected chi connectivity index (χ4v) is 9.94. The van der Waals surface area contributed by atoms with Gasteiger partial charge < -0.3 is 0 Å². The lowest BCUT2D eigenvalue weighted by Gasteiger charge is -2.34. The Hall–Kier alpha value is -8.27. The SMILES string of the molecule is c1ccc(-c2ccc(-c3cc(-c4cccc(-c5nc6ccccc6c6ccc7c(c56)-c5ccccc5C7(c5ccccc5)c5ccccc5)c4)nc(-c4ccccc4)n3)cc2)cc1. The van der Waals surface area contributed by atoms with E-state index in [-0.39, 0.29) is 0 Å². The summed E-state index contributed by atoms with van der Waals surface area (Å²) < 4.78 is 0. The lowest BCUT2D eigenvalue weighted by atomic mass is 9.67. The predicted octanol–water partition coefficient (Wildman–Crippen LogP) is 14.9. The molecule has 0 bridgehead atoms. The first-order valence-corrected chi connectivity index (χ1v) is 21.5. The molecule has 1 aliphatic rings. The molecule has 0 fully saturated rings. The number of aromatic nitrogens is 3. The maximum absolute atomic E-state index is 5.58. The van der Waals surface area contributed by atoms with Gasteiger partial charge in [-0.25, -0.2) is 15.0 Å². The summed E-state index contributed by atoms with van der Waals surface area (Å²) in [5, 5.41) is 3.47. The third kappa shape index (κ3) is 6.01. The summed E-state index contributed by atoms with van der Waals surface area (Å²) in [4.78, 5) is 16.0. The van der Waals surface area contributed by atoms with Crippen LogP contribution in [0.15, 0.2) is 237 Å². The maximum atomic E-state index is 5.58. The van der Waals surface area contributed by atoms with Crippen LogP contribution in [-0.2, 0) is 5.41 Å². The molecule has 1 aliphatic carbocycles. The average molecular weight is 802 g/mol. The van der Waals surface area contributed by atoms with Gasteiger partial charge in [0.25, 0.3) is 0 Å². The Morgan fingerprint density at radius 3 is 1.57 bits per heavy atom. The molecule has 2 aromatic heterocycles. The summed E-state index contributed by atoms with van der Waals surface area (Å²) in [6.07, 6.45) is 0. The van der Waals surface area contributed by atoms with Crippen LogP contribution in [0.2, 0.25) is 0 Å². The summed E-state index contributed by atoms with van der Waals surface area (Å²) in [6, 6.07) is 84.5. The highest BCUT2D eigenvalue weighted by atomic mass is 14.9. The Labute approximate surface area is 366 Å². The normalized spacial score (nSPS) is 12.6. The van der Waals surface area contributed by atoms with Crippen molar-refractivity contribution in [2.75, 3.05) is 0 Å². The molecular weight excluding hydrogens is 763 g/mol. The van der Waals surface area contributed by atoms with E-state index in [0.29, 0.717) is 5.82 Å². The second-order valence-corrected chi connectivity index (χ2v) is 16.3. The summed E-state index contributed by atoms with van der Waals surface area (Å²) in [5.41, 5.74) is 16.9. The first-order chi connectivity index (χ1) is 31.2. The number of para-hydroxylation sites is 1. The quantitative estimate of drug-likeness (QED) is 0.151. The van der Waals surface area contributed by atoms with E-state index in [1.54, 1.807) is 0 Å². The molecule has 63 heavy (non-hydrogen) atoms. The van der Waals surface area contributed by atoms with Crippen LogP contribution >= 0.6 is 0 Å². The Bertz CT molecular complexity index is 3430. The molecule has 0 atom stereocenters. The molecule has 0 saturated carbocycles. The smallest absolute Gasteiger partial charge is 0.160 e. The van der Waals surface area contributed by atoms with Gasteiger partial charge in [-0.3, -0.25) is 0 Å². The van der Waals surface area contributed by atoms with E-state index in [2.05, 4.69) is 212 Å². The molecule has 0 amide bonds. The number of pyridine rings is 1. The first kappa shape index (κ1) is 36.6. The molecule has 0 unspecified atom stereocenters. The van der Waals surface area contributed by atoms with Gasteiger partial charge in [-0.1, -0.05) is 218 Å². The molecule has 0 radical (unpaired) electrons. The van der Waals surface area contributed by atoms with Crippen molar-refractivity contribution in [2.24, 2.45) is 0 Å². The van der Waals surface area contributed by atoms with E-state index in [0.717, 1.165) is 55.6 Å². The van der Waals surface area contributed by atoms with Crippen molar-refractivity contribution in [1.82, 2.24) is 15.0 Å². The number of rotatable bonds is 7. The van der Waals surface area contributed by atoms with Gasteiger partial charge in [0.05, 0.1) is 28.0 Å². The minimum absolute atomic E-state index is 0.530. The van der Waals surface area contributed by atoms with Crippen LogP contribution in [0.25, 0.3) is 89.1 Å². The molecule has 9 aromatic carbocycles. The van der Waals surface area contributed by atoms with Crippen molar-refractivity contribution in [3.8, 4) is 67.4 Å².